The van der Waals surface area contributed by atoms with Crippen LogP contribution in [0.15, 0.2) is 41.6 Å². The Morgan fingerprint density at radius 3 is 2.49 bits per heavy atom. The van der Waals surface area contributed by atoms with E-state index in [0.717, 1.165) is 18.4 Å². The van der Waals surface area contributed by atoms with E-state index in [2.05, 4.69) is 10.3 Å². The van der Waals surface area contributed by atoms with Crippen molar-refractivity contribution in [3.05, 3.63) is 59.0 Å². The Kier molecular flexibility index (Phi) is 6.66. The van der Waals surface area contributed by atoms with E-state index in [1.807, 2.05) is 4.01 Å². The number of amides is 2. The maximum absolute atomic E-state index is 14.8. The van der Waals surface area contributed by atoms with Crippen molar-refractivity contribution in [1.82, 2.24) is 15.2 Å². The van der Waals surface area contributed by atoms with Gasteiger partial charge in [0.05, 0.1) is 17.6 Å². The van der Waals surface area contributed by atoms with E-state index < -0.39 is 51.3 Å². The molecule has 2 aromatic rings. The molecule has 0 unspecified atom stereocenters. The molecular weight excluding hydrogens is 629 g/mol. The van der Waals surface area contributed by atoms with Gasteiger partial charge in [0, 0.05) is 27.5 Å². The minimum atomic E-state index is -4.69. The third kappa shape index (κ3) is 5.16. The van der Waals surface area contributed by atoms with Crippen molar-refractivity contribution in [2.75, 3.05) is 6.26 Å². The van der Waals surface area contributed by atoms with Crippen LogP contribution in [-0.2, 0) is 20.8 Å². The molecule has 2 aliphatic heterocycles. The van der Waals surface area contributed by atoms with Crippen LogP contribution in [0, 0.1) is 11.7 Å². The summed E-state index contributed by atoms with van der Waals surface area (Å²) in [6, 6.07) is 2.92. The number of carbonyl (C=O) groups is 2. The normalized spacial score (nSPS) is 24.0. The molecule has 2 fully saturated rings. The number of fused-ring (bicyclic) bond motifs is 1. The quantitative estimate of drug-likeness (QED) is 0.293. The highest BCUT2D eigenvalue weighted by Gasteiger charge is 2.50. The lowest BCUT2D eigenvalue weighted by molar-refractivity contribution is -0.137. The molecule has 4 atom stereocenters. The summed E-state index contributed by atoms with van der Waals surface area (Å²) in [6.45, 7) is 0. The highest BCUT2D eigenvalue weighted by atomic mass is 127. The van der Waals surface area contributed by atoms with E-state index in [0.29, 0.717) is 25.3 Å². The van der Waals surface area contributed by atoms with Crippen molar-refractivity contribution in [3.8, 4) is 0 Å². The average molecular weight is 651 g/mol. The van der Waals surface area contributed by atoms with Gasteiger partial charge in [0.1, 0.15) is 11.9 Å². The Hall–Kier alpha value is -2.42. The number of nitrogens with one attached hydrogen (secondary N) is 1. The molecule has 1 aliphatic carbocycles. The molecule has 7 nitrogen and oxygen atoms in total. The number of sulfone groups is 1. The van der Waals surface area contributed by atoms with Gasteiger partial charge in [-0.2, -0.15) is 13.2 Å². The molecule has 2 amide bonds. The lowest BCUT2D eigenvalue weighted by Crippen LogP contribution is -2.51. The lowest BCUT2D eigenvalue weighted by atomic mass is 9.99. The summed E-state index contributed by atoms with van der Waals surface area (Å²) in [7, 11) is -3.66. The van der Waals surface area contributed by atoms with Crippen LogP contribution in [0.1, 0.15) is 46.8 Å². The molecule has 198 valence electrons. The highest BCUT2D eigenvalue weighted by molar-refractivity contribution is 14.2. The molecule has 37 heavy (non-hydrogen) atoms. The fourth-order valence-electron chi connectivity index (χ4n) is 4.69. The third-order valence-electron chi connectivity index (χ3n) is 6.79. The monoisotopic (exact) mass is 651 g/mol. The molecular formula is C24H22F4IN3O4S. The number of likely N-dealkylation sites (tertiary alicyclic amines) is 1. The van der Waals surface area contributed by atoms with Gasteiger partial charge < -0.3 is 10.2 Å². The highest BCUT2D eigenvalue weighted by Crippen LogP contribution is 2.44. The van der Waals surface area contributed by atoms with Crippen molar-refractivity contribution < 1.29 is 35.6 Å². The van der Waals surface area contributed by atoms with Crippen LogP contribution in [0.5, 0.6) is 0 Å². The zero-order valence-corrected chi connectivity index (χ0v) is 22.3. The van der Waals surface area contributed by atoms with Crippen molar-refractivity contribution >= 4 is 46.4 Å². The standard InChI is InChI=1S/C24H22F4IN3O4S/c1-37(35,36)20-8-13(6-7-30-20)23(34)32-18(10-17-19(32)11-29-17)22(33)31-21(12-2-3-12)15-5-4-14(9-16(15)25)24(26,27)28/h4-9,11-12,17-19,21H,2-3,10H2,1H3,(H,31,33)/t17-,18-,19-,21-/m1/s1. The molecule has 0 radical (unpaired) electrons. The number of hydrogen-bond donors (Lipinski definition) is 1. The molecule has 1 N–H and O–H groups in total. The van der Waals surface area contributed by atoms with Crippen molar-refractivity contribution in [1.29, 1.82) is 0 Å². The summed E-state index contributed by atoms with van der Waals surface area (Å²) in [5.41, 5.74) is -1.04. The van der Waals surface area contributed by atoms with Crippen LogP contribution >= 0.6 is 20.7 Å². The van der Waals surface area contributed by atoms with E-state index in [-0.39, 0.29) is 52.8 Å². The van der Waals surface area contributed by atoms with Crippen molar-refractivity contribution in [2.45, 2.75) is 52.5 Å². The predicted octanol–water partition coefficient (Wildman–Crippen LogP) is 3.65. The fraction of sp³-hybridized carbons (Fsp3) is 0.417. The molecule has 5 rings (SSSR count). The number of aromatic nitrogens is 1. The van der Waals surface area contributed by atoms with Gasteiger partial charge in [-0.3, -0.25) is 9.59 Å². The molecule has 0 bridgehead atoms. The summed E-state index contributed by atoms with van der Waals surface area (Å²) in [6.07, 6.45) is -0.689. The van der Waals surface area contributed by atoms with Crippen LogP contribution in [0.2, 0.25) is 0 Å². The molecule has 1 saturated carbocycles. The summed E-state index contributed by atoms with van der Waals surface area (Å²) in [4.78, 5) is 32.2. The van der Waals surface area contributed by atoms with Gasteiger partial charge in [-0.15, -0.1) is 20.7 Å². The lowest BCUT2D eigenvalue weighted by Gasteiger charge is -2.32. The minimum absolute atomic E-state index is 0.0198. The van der Waals surface area contributed by atoms with Crippen LogP contribution in [-0.4, -0.2) is 56.4 Å². The molecule has 0 spiro atoms. The summed E-state index contributed by atoms with van der Waals surface area (Å²) < 4.78 is 79.8. The Labute approximate surface area is 220 Å². The van der Waals surface area contributed by atoms with Crippen LogP contribution < -0.4 is 5.32 Å². The molecule has 1 saturated heterocycles. The van der Waals surface area contributed by atoms with Crippen molar-refractivity contribution in [2.24, 2.45) is 5.92 Å². The molecule has 13 heteroatoms. The Morgan fingerprint density at radius 2 is 1.92 bits per heavy atom. The third-order valence-corrected chi connectivity index (χ3v) is 11.1. The number of pyridine rings is 1. The van der Waals surface area contributed by atoms with E-state index in [9.17, 15) is 35.6 Å². The zero-order valence-electron chi connectivity index (χ0n) is 19.4. The maximum Gasteiger partial charge on any atom is 0.416 e. The first-order valence-corrected chi connectivity index (χ1v) is 15.8. The Morgan fingerprint density at radius 1 is 1.19 bits per heavy atom. The average Bonchev–Trinajstić information content (AvgIpc) is 3.61. The number of alkyl halides is 4. The first-order valence-electron chi connectivity index (χ1n) is 11.5. The first-order chi connectivity index (χ1) is 17.3. The molecule has 3 aliphatic rings. The smallest absolute Gasteiger partial charge is 0.347 e. The van der Waals surface area contributed by atoms with E-state index in [4.69, 9.17) is 0 Å². The van der Waals surface area contributed by atoms with E-state index >= 15 is 0 Å². The second-order valence-corrected chi connectivity index (χ2v) is 14.4. The number of nitrogens with zero attached hydrogens (tertiary/aromatic N) is 2. The maximum atomic E-state index is 14.8. The molecule has 1 aromatic heterocycles. The van der Waals surface area contributed by atoms with Gasteiger partial charge in [0.15, 0.2) is 14.9 Å². The zero-order chi connectivity index (χ0) is 26.7. The van der Waals surface area contributed by atoms with Crippen LogP contribution in [0.3, 0.4) is 0 Å². The van der Waals surface area contributed by atoms with Gasteiger partial charge in [-0.05, 0) is 53.5 Å². The summed E-state index contributed by atoms with van der Waals surface area (Å²) >= 11 is -0.314. The van der Waals surface area contributed by atoms with Crippen molar-refractivity contribution in [3.63, 3.8) is 0 Å². The van der Waals surface area contributed by atoms with Crippen LogP contribution in [0.4, 0.5) is 17.6 Å². The second-order valence-electron chi connectivity index (χ2n) is 9.44. The topological polar surface area (TPSA) is 96.4 Å². The summed E-state index contributed by atoms with van der Waals surface area (Å²) in [5.74, 6) is -2.18. The van der Waals surface area contributed by atoms with Gasteiger partial charge in [-0.25, -0.2) is 17.8 Å². The van der Waals surface area contributed by atoms with Crippen LogP contribution in [0.25, 0.3) is 0 Å². The largest absolute Gasteiger partial charge is 0.416 e. The predicted molar refractivity (Wildman–Crippen MR) is 135 cm³/mol. The number of rotatable bonds is 6. The first kappa shape index (κ1) is 26.2. The molecule has 1 aromatic carbocycles. The fourth-order valence-corrected chi connectivity index (χ4v) is 8.13. The SMILES string of the molecule is CS(=O)(=O)c1cc(C(=O)N2[C@@H](C(=O)N[C@@H](c3ccc(C(F)(F)F)cc3F)C3CC3)C[C@H]3I=C[C@H]32)ccn1. The number of hydrogen-bond acceptors (Lipinski definition) is 5. The van der Waals surface area contributed by atoms with Gasteiger partial charge in [0.25, 0.3) is 5.91 Å². The number of benzene rings is 1. The minimum Gasteiger partial charge on any atom is -0.347 e. The Balaban J connectivity index is 1.40. The van der Waals surface area contributed by atoms with E-state index in [1.54, 1.807) is 0 Å². The summed E-state index contributed by atoms with van der Waals surface area (Å²) in [5, 5.41) is 2.56. The Bertz CT molecular complexity index is 1410. The second kappa shape index (κ2) is 9.40. The van der Waals surface area contributed by atoms with Gasteiger partial charge in [0.2, 0.25) is 5.91 Å². The number of carbonyl (C=O) groups excluding carboxylic acids is 2. The number of halogens is 5. The van der Waals surface area contributed by atoms with Gasteiger partial charge >= 0.3 is 6.18 Å². The van der Waals surface area contributed by atoms with Gasteiger partial charge in [-0.1, -0.05) is 6.07 Å². The molecule has 3 heterocycles. The van der Waals surface area contributed by atoms with E-state index in [1.165, 1.54) is 23.2 Å².